The van der Waals surface area contributed by atoms with E-state index in [1.165, 1.54) is 7.11 Å². The lowest BCUT2D eigenvalue weighted by molar-refractivity contribution is -0.144. The lowest BCUT2D eigenvalue weighted by atomic mass is 9.96. The van der Waals surface area contributed by atoms with Gasteiger partial charge in [0.15, 0.2) is 0 Å². The molecule has 0 bridgehead atoms. The fourth-order valence-electron chi connectivity index (χ4n) is 3.14. The highest BCUT2D eigenvalue weighted by Crippen LogP contribution is 2.26. The number of benzene rings is 1. The van der Waals surface area contributed by atoms with Crippen LogP contribution in [0.1, 0.15) is 43.5 Å². The molecule has 3 amide bonds. The van der Waals surface area contributed by atoms with Crippen molar-refractivity contribution in [1.29, 1.82) is 0 Å². The molecule has 1 aromatic carbocycles. The van der Waals surface area contributed by atoms with Crippen molar-refractivity contribution in [2.45, 2.75) is 52.3 Å². The number of rotatable bonds is 10. The molecule has 0 saturated carbocycles. The smallest absolute Gasteiger partial charge is 0.408 e. The van der Waals surface area contributed by atoms with E-state index >= 15 is 0 Å². The van der Waals surface area contributed by atoms with Crippen LogP contribution in [0, 0.1) is 13.8 Å². The van der Waals surface area contributed by atoms with Gasteiger partial charge in [-0.2, -0.15) is 12.6 Å². The Hall–Kier alpha value is -2.79. The standard InChI is InChI=1S/C23H35N3O7S/c1-14-7-8-15(2)16(11-14)19(20(29)24-12-18(28)32-6)26(9-10-27)21(30)17(13-34)25-22(31)33-23(3,4)5/h7-8,11,17,19,27,34H,9-10,12-13H2,1-6H3,(H,24,29)(H,25,31). The predicted molar refractivity (Wildman–Crippen MR) is 129 cm³/mol. The van der Waals surface area contributed by atoms with Crippen molar-refractivity contribution in [3.05, 3.63) is 34.9 Å². The summed E-state index contributed by atoms with van der Waals surface area (Å²) in [6.45, 7) is 7.63. The second-order valence-corrected chi connectivity index (χ2v) is 9.06. The number of aryl methyl sites for hydroxylation is 2. The number of ether oxygens (including phenoxy) is 2. The maximum Gasteiger partial charge on any atom is 0.408 e. The van der Waals surface area contributed by atoms with Gasteiger partial charge in [-0.3, -0.25) is 14.4 Å². The SMILES string of the molecule is COC(=O)CNC(=O)C(c1cc(C)ccc1C)N(CCO)C(=O)C(CS)NC(=O)OC(C)(C)C. The summed E-state index contributed by atoms with van der Waals surface area (Å²) in [4.78, 5) is 51.8. The fraction of sp³-hybridized carbons (Fsp3) is 0.565. The number of alkyl carbamates (subject to hydrolysis) is 1. The number of nitrogens with zero attached hydrogens (tertiary/aromatic N) is 1. The first kappa shape index (κ1) is 29.2. The minimum atomic E-state index is -1.19. The molecule has 0 radical (unpaired) electrons. The summed E-state index contributed by atoms with van der Waals surface area (Å²) in [6.07, 6.45) is -0.817. The van der Waals surface area contributed by atoms with Gasteiger partial charge in [0.05, 0.1) is 13.7 Å². The van der Waals surface area contributed by atoms with Gasteiger partial charge in [-0.05, 0) is 45.7 Å². The van der Waals surface area contributed by atoms with E-state index in [4.69, 9.17) is 4.74 Å². The van der Waals surface area contributed by atoms with Crippen LogP contribution in [0.2, 0.25) is 0 Å². The maximum absolute atomic E-state index is 13.5. The molecule has 0 saturated heterocycles. The topological polar surface area (TPSA) is 134 Å². The van der Waals surface area contributed by atoms with Gasteiger partial charge in [-0.25, -0.2) is 4.79 Å². The Labute approximate surface area is 205 Å². The first-order chi connectivity index (χ1) is 15.8. The quantitative estimate of drug-likeness (QED) is 0.283. The summed E-state index contributed by atoms with van der Waals surface area (Å²) in [5.41, 5.74) is 1.30. The molecule has 2 unspecified atom stereocenters. The van der Waals surface area contributed by atoms with E-state index in [0.717, 1.165) is 16.0 Å². The number of carbonyl (C=O) groups is 4. The van der Waals surface area contributed by atoms with Crippen molar-refractivity contribution in [2.75, 3.05) is 32.6 Å². The zero-order valence-electron chi connectivity index (χ0n) is 20.5. The van der Waals surface area contributed by atoms with E-state index in [2.05, 4.69) is 28.0 Å². The highest BCUT2D eigenvalue weighted by atomic mass is 32.1. The molecular formula is C23H35N3O7S. The molecule has 0 aliphatic rings. The summed E-state index contributed by atoms with van der Waals surface area (Å²) < 4.78 is 9.81. The van der Waals surface area contributed by atoms with Crippen LogP contribution in [-0.4, -0.2) is 78.1 Å². The molecule has 0 spiro atoms. The van der Waals surface area contributed by atoms with Gasteiger partial charge < -0.3 is 30.1 Å². The zero-order valence-corrected chi connectivity index (χ0v) is 21.4. The van der Waals surface area contributed by atoms with Crippen molar-refractivity contribution in [3.8, 4) is 0 Å². The number of thiol groups is 1. The molecule has 10 nitrogen and oxygen atoms in total. The highest BCUT2D eigenvalue weighted by Gasteiger charge is 2.36. The number of aliphatic hydroxyl groups excluding tert-OH is 1. The normalized spacial score (nSPS) is 12.8. The summed E-state index contributed by atoms with van der Waals surface area (Å²) in [5, 5.41) is 14.7. The predicted octanol–water partition coefficient (Wildman–Crippen LogP) is 1.28. The van der Waals surface area contributed by atoms with E-state index in [0.29, 0.717) is 5.56 Å². The Morgan fingerprint density at radius 3 is 2.35 bits per heavy atom. The molecule has 0 aliphatic carbocycles. The third-order valence-corrected chi connectivity index (χ3v) is 5.08. The number of hydrogen-bond donors (Lipinski definition) is 4. The van der Waals surface area contributed by atoms with Crippen molar-refractivity contribution < 1.29 is 33.8 Å². The summed E-state index contributed by atoms with van der Waals surface area (Å²) in [6, 6.07) is 3.10. The Bertz CT molecular complexity index is 886. The third kappa shape index (κ3) is 8.86. The van der Waals surface area contributed by atoms with Crippen molar-refractivity contribution in [1.82, 2.24) is 15.5 Å². The average molecular weight is 498 g/mol. The van der Waals surface area contributed by atoms with Crippen molar-refractivity contribution in [3.63, 3.8) is 0 Å². The monoisotopic (exact) mass is 497 g/mol. The van der Waals surface area contributed by atoms with Gasteiger partial charge in [0, 0.05) is 12.3 Å². The number of esters is 1. The first-order valence-electron chi connectivity index (χ1n) is 10.8. The summed E-state index contributed by atoms with van der Waals surface area (Å²) in [7, 11) is 1.19. The summed E-state index contributed by atoms with van der Waals surface area (Å²) >= 11 is 4.19. The molecule has 1 rings (SSSR count). The van der Waals surface area contributed by atoms with Gasteiger partial charge in [-0.15, -0.1) is 0 Å². The van der Waals surface area contributed by atoms with E-state index in [1.807, 2.05) is 19.1 Å². The Kier molecular flexibility index (Phi) is 11.3. The molecule has 1 aromatic rings. The zero-order chi connectivity index (χ0) is 26.1. The minimum Gasteiger partial charge on any atom is -0.468 e. The van der Waals surface area contributed by atoms with Gasteiger partial charge in [0.25, 0.3) is 0 Å². The largest absolute Gasteiger partial charge is 0.468 e. The number of aliphatic hydroxyl groups is 1. The molecule has 0 fully saturated rings. The number of nitrogens with one attached hydrogen (secondary N) is 2. The first-order valence-corrected chi connectivity index (χ1v) is 11.4. The van der Waals surface area contributed by atoms with Gasteiger partial charge >= 0.3 is 12.1 Å². The lowest BCUT2D eigenvalue weighted by Crippen LogP contribution is -2.54. The summed E-state index contributed by atoms with van der Waals surface area (Å²) in [5.74, 6) is -2.03. The Morgan fingerprint density at radius 1 is 1.18 bits per heavy atom. The number of hydrogen-bond acceptors (Lipinski definition) is 8. The van der Waals surface area contributed by atoms with Crippen molar-refractivity contribution in [2.24, 2.45) is 0 Å². The minimum absolute atomic E-state index is 0.0801. The van der Waals surface area contributed by atoms with Crippen LogP contribution in [0.15, 0.2) is 18.2 Å². The van der Waals surface area contributed by atoms with Crippen LogP contribution in [0.3, 0.4) is 0 Å². The number of carbonyl (C=O) groups excluding carboxylic acids is 4. The molecule has 190 valence electrons. The molecule has 0 aromatic heterocycles. The van der Waals surface area contributed by atoms with E-state index < -0.39 is 54.7 Å². The van der Waals surface area contributed by atoms with E-state index in [-0.39, 0.29) is 12.3 Å². The second kappa shape index (κ2) is 13.2. The van der Waals surface area contributed by atoms with Crippen LogP contribution in [0.5, 0.6) is 0 Å². The van der Waals surface area contributed by atoms with Gasteiger partial charge in [0.1, 0.15) is 24.2 Å². The van der Waals surface area contributed by atoms with E-state index in [1.54, 1.807) is 33.8 Å². The lowest BCUT2D eigenvalue weighted by Gasteiger charge is -2.34. The van der Waals surface area contributed by atoms with Crippen LogP contribution < -0.4 is 10.6 Å². The molecule has 2 atom stereocenters. The molecule has 3 N–H and O–H groups in total. The van der Waals surface area contributed by atoms with Crippen LogP contribution in [-0.2, 0) is 23.9 Å². The van der Waals surface area contributed by atoms with Crippen LogP contribution in [0.25, 0.3) is 0 Å². The fourth-order valence-corrected chi connectivity index (χ4v) is 3.39. The van der Waals surface area contributed by atoms with Gasteiger partial charge in [-0.1, -0.05) is 23.8 Å². The van der Waals surface area contributed by atoms with Crippen molar-refractivity contribution >= 4 is 36.5 Å². The van der Waals surface area contributed by atoms with Crippen LogP contribution in [0.4, 0.5) is 4.79 Å². The number of methoxy groups -OCH3 is 1. The molecule has 34 heavy (non-hydrogen) atoms. The highest BCUT2D eigenvalue weighted by molar-refractivity contribution is 7.80. The Balaban J connectivity index is 3.39. The van der Waals surface area contributed by atoms with Crippen LogP contribution >= 0.6 is 12.6 Å². The molecular weight excluding hydrogens is 462 g/mol. The number of amides is 3. The average Bonchev–Trinajstić information content (AvgIpc) is 2.75. The third-order valence-electron chi connectivity index (χ3n) is 4.72. The molecule has 11 heteroatoms. The van der Waals surface area contributed by atoms with E-state index in [9.17, 15) is 24.3 Å². The maximum atomic E-state index is 13.5. The molecule has 0 aliphatic heterocycles. The molecule has 0 heterocycles. The second-order valence-electron chi connectivity index (χ2n) is 8.69. The van der Waals surface area contributed by atoms with Gasteiger partial charge in [0.2, 0.25) is 11.8 Å². The Morgan fingerprint density at radius 2 is 1.82 bits per heavy atom.